The van der Waals surface area contributed by atoms with Crippen LogP contribution in [0.3, 0.4) is 0 Å². The Morgan fingerprint density at radius 1 is 1.30 bits per heavy atom. The fourth-order valence-corrected chi connectivity index (χ4v) is 3.01. The molecule has 2 rings (SSSR count). The lowest BCUT2D eigenvalue weighted by Crippen LogP contribution is -2.25. The molecule has 0 amide bonds. The van der Waals surface area contributed by atoms with Crippen molar-refractivity contribution < 1.29 is 24.5 Å². The third-order valence-corrected chi connectivity index (χ3v) is 4.33. The minimum atomic E-state index is -1.26. The van der Waals surface area contributed by atoms with E-state index >= 15 is 0 Å². The number of carbonyl (C=O) groups is 2. The summed E-state index contributed by atoms with van der Waals surface area (Å²) >= 11 is 1.25. The first-order valence-corrected chi connectivity index (χ1v) is 9.61. The third kappa shape index (κ3) is 8.78. The summed E-state index contributed by atoms with van der Waals surface area (Å²) in [6.07, 6.45) is 7.95. The predicted octanol–water partition coefficient (Wildman–Crippen LogP) is 2.93. The molecule has 8 nitrogen and oxygen atoms in total. The summed E-state index contributed by atoms with van der Waals surface area (Å²) in [5.74, 6) is -1.79. The van der Waals surface area contributed by atoms with Gasteiger partial charge in [0, 0.05) is 25.2 Å². The Balaban J connectivity index is 0.000000387. The van der Waals surface area contributed by atoms with E-state index in [0.717, 1.165) is 50.3 Å². The minimum absolute atomic E-state index is 0.259. The van der Waals surface area contributed by atoms with E-state index in [2.05, 4.69) is 40.6 Å². The number of ether oxygens (including phenoxy) is 1. The summed E-state index contributed by atoms with van der Waals surface area (Å²) in [5, 5.41) is 15.6. The Bertz CT molecular complexity index is 656. The zero-order valence-electron chi connectivity index (χ0n) is 15.9. The molecule has 0 fully saturated rings. The molecule has 0 radical (unpaired) electrons. The van der Waals surface area contributed by atoms with Crippen LogP contribution in [0.4, 0.5) is 0 Å². The van der Waals surface area contributed by atoms with Gasteiger partial charge in [0.05, 0.1) is 11.7 Å². The van der Waals surface area contributed by atoms with Crippen LogP contribution in [0, 0.1) is 0 Å². The van der Waals surface area contributed by atoms with Crippen molar-refractivity contribution in [1.82, 2.24) is 13.6 Å². The van der Waals surface area contributed by atoms with E-state index in [4.69, 9.17) is 14.9 Å². The van der Waals surface area contributed by atoms with Gasteiger partial charge in [-0.3, -0.25) is 0 Å². The molecule has 1 aromatic rings. The molecule has 2 heterocycles. The summed E-state index contributed by atoms with van der Waals surface area (Å²) in [5.41, 5.74) is 2.20. The van der Waals surface area contributed by atoms with Gasteiger partial charge < -0.3 is 19.8 Å². The highest BCUT2D eigenvalue weighted by Crippen LogP contribution is 2.28. The van der Waals surface area contributed by atoms with Crippen molar-refractivity contribution in [1.29, 1.82) is 0 Å². The maximum absolute atomic E-state index is 9.55. The molecule has 0 saturated carbocycles. The fraction of sp³-hybridized carbons (Fsp3) is 0.556. The van der Waals surface area contributed by atoms with Crippen LogP contribution in [0.2, 0.25) is 0 Å². The molecule has 0 spiro atoms. The van der Waals surface area contributed by atoms with Crippen molar-refractivity contribution in [2.75, 3.05) is 20.1 Å². The van der Waals surface area contributed by atoms with Gasteiger partial charge in [0.15, 0.2) is 0 Å². The van der Waals surface area contributed by atoms with E-state index < -0.39 is 11.9 Å². The second-order valence-electron chi connectivity index (χ2n) is 6.12. The van der Waals surface area contributed by atoms with Crippen molar-refractivity contribution in [2.24, 2.45) is 0 Å². The lowest BCUT2D eigenvalue weighted by Gasteiger charge is -2.22. The minimum Gasteiger partial charge on any atom is -0.478 e. The molecule has 0 aromatic carbocycles. The highest BCUT2D eigenvalue weighted by molar-refractivity contribution is 6.99. The SMILES string of the molecule is CCCC(CC)Oc1nsnc1C1=CCCN(C)C1.O=C(O)/C=C/C(=O)O. The van der Waals surface area contributed by atoms with Crippen molar-refractivity contribution in [3.63, 3.8) is 0 Å². The molecule has 1 atom stereocenters. The van der Waals surface area contributed by atoms with Crippen LogP contribution >= 0.6 is 11.7 Å². The summed E-state index contributed by atoms with van der Waals surface area (Å²) in [6.45, 7) is 6.40. The van der Waals surface area contributed by atoms with Gasteiger partial charge in [0.25, 0.3) is 5.88 Å². The molecule has 0 aliphatic carbocycles. The van der Waals surface area contributed by atoms with Gasteiger partial charge in [-0.15, -0.1) is 4.37 Å². The standard InChI is InChI=1S/C14H23N3OS.C4H4O4/c1-4-7-12(5-2)18-14-13(15-19-16-14)11-8-6-9-17(3)10-11;5-3(6)1-2-4(7)8/h8,12H,4-7,9-10H2,1-3H3;1-2H,(H,5,6)(H,7,8)/b;2-1+. The Morgan fingerprint density at radius 2 is 1.96 bits per heavy atom. The van der Waals surface area contributed by atoms with Gasteiger partial charge >= 0.3 is 11.9 Å². The van der Waals surface area contributed by atoms with Gasteiger partial charge in [-0.25, -0.2) is 9.59 Å². The predicted molar refractivity (Wildman–Crippen MR) is 104 cm³/mol. The molecule has 2 N–H and O–H groups in total. The van der Waals surface area contributed by atoms with Crippen LogP contribution in [0.1, 0.15) is 45.2 Å². The highest BCUT2D eigenvalue weighted by atomic mass is 32.1. The summed E-state index contributed by atoms with van der Waals surface area (Å²) in [4.78, 5) is 21.4. The molecule has 1 aliphatic rings. The second kappa shape index (κ2) is 12.2. The number of rotatable bonds is 8. The van der Waals surface area contributed by atoms with E-state index in [0.29, 0.717) is 12.2 Å². The van der Waals surface area contributed by atoms with Crippen LogP contribution in [-0.2, 0) is 9.59 Å². The van der Waals surface area contributed by atoms with Crippen LogP contribution in [0.5, 0.6) is 5.88 Å². The van der Waals surface area contributed by atoms with Crippen molar-refractivity contribution in [3.8, 4) is 5.88 Å². The van der Waals surface area contributed by atoms with E-state index in [1.807, 2.05) is 0 Å². The second-order valence-corrected chi connectivity index (χ2v) is 6.65. The average Bonchev–Trinajstić information content (AvgIpc) is 3.08. The fourth-order valence-electron chi connectivity index (χ4n) is 2.49. The first-order chi connectivity index (χ1) is 12.9. The van der Waals surface area contributed by atoms with Gasteiger partial charge in [-0.1, -0.05) is 26.3 Å². The van der Waals surface area contributed by atoms with Gasteiger partial charge in [0.1, 0.15) is 11.8 Å². The number of nitrogens with zero attached hydrogens (tertiary/aromatic N) is 3. The number of carboxylic acids is 2. The molecule has 0 saturated heterocycles. The molecule has 150 valence electrons. The number of hydrogen-bond donors (Lipinski definition) is 2. The Morgan fingerprint density at radius 3 is 2.48 bits per heavy atom. The van der Waals surface area contributed by atoms with Crippen LogP contribution < -0.4 is 4.74 Å². The Hall–Kier alpha value is -2.26. The van der Waals surface area contributed by atoms with Crippen molar-refractivity contribution in [3.05, 3.63) is 23.9 Å². The number of hydrogen-bond acceptors (Lipinski definition) is 7. The van der Waals surface area contributed by atoms with Crippen LogP contribution in [-0.4, -0.2) is 62.0 Å². The van der Waals surface area contributed by atoms with E-state index in [1.54, 1.807) is 0 Å². The largest absolute Gasteiger partial charge is 0.478 e. The molecular weight excluding hydrogens is 370 g/mol. The maximum atomic E-state index is 9.55. The molecular formula is C18H27N3O5S. The van der Waals surface area contributed by atoms with Crippen LogP contribution in [0.15, 0.2) is 18.2 Å². The molecule has 9 heteroatoms. The van der Waals surface area contributed by atoms with E-state index in [-0.39, 0.29) is 6.10 Å². The topological polar surface area (TPSA) is 113 Å². The normalized spacial score (nSPS) is 15.6. The highest BCUT2D eigenvalue weighted by Gasteiger charge is 2.20. The van der Waals surface area contributed by atoms with E-state index in [1.165, 1.54) is 17.3 Å². The molecule has 0 bridgehead atoms. The zero-order chi connectivity index (χ0) is 20.2. The number of aromatic nitrogens is 2. The van der Waals surface area contributed by atoms with Gasteiger partial charge in [-0.2, -0.15) is 4.37 Å². The average molecular weight is 397 g/mol. The molecule has 1 unspecified atom stereocenters. The molecule has 27 heavy (non-hydrogen) atoms. The molecule has 1 aliphatic heterocycles. The van der Waals surface area contributed by atoms with E-state index in [9.17, 15) is 9.59 Å². The Kier molecular flexibility index (Phi) is 10.3. The third-order valence-electron chi connectivity index (χ3n) is 3.82. The number of aliphatic carboxylic acids is 2. The van der Waals surface area contributed by atoms with Crippen molar-refractivity contribution in [2.45, 2.75) is 45.6 Å². The smallest absolute Gasteiger partial charge is 0.328 e. The van der Waals surface area contributed by atoms with Crippen LogP contribution in [0.25, 0.3) is 5.57 Å². The quantitative estimate of drug-likeness (QED) is 0.644. The number of likely N-dealkylation sites (N-methyl/N-ethyl adjacent to an activating group) is 1. The molecule has 1 aromatic heterocycles. The lowest BCUT2D eigenvalue weighted by atomic mass is 10.1. The first-order valence-electron chi connectivity index (χ1n) is 8.88. The first kappa shape index (κ1) is 22.8. The monoisotopic (exact) mass is 397 g/mol. The lowest BCUT2D eigenvalue weighted by molar-refractivity contribution is -0.134. The summed E-state index contributed by atoms with van der Waals surface area (Å²) in [7, 11) is 2.14. The zero-order valence-corrected chi connectivity index (χ0v) is 16.7. The van der Waals surface area contributed by atoms with Crippen molar-refractivity contribution >= 4 is 29.2 Å². The summed E-state index contributed by atoms with van der Waals surface area (Å²) in [6, 6.07) is 0. The van der Waals surface area contributed by atoms with Gasteiger partial charge in [0.2, 0.25) is 0 Å². The summed E-state index contributed by atoms with van der Waals surface area (Å²) < 4.78 is 14.8. The Labute approximate surface area is 163 Å². The van der Waals surface area contributed by atoms with Gasteiger partial charge in [-0.05, 0) is 31.9 Å². The number of carboxylic acid groups (broad SMARTS) is 2. The maximum Gasteiger partial charge on any atom is 0.328 e.